The Kier molecular flexibility index (Phi) is 6.80. The van der Waals surface area contributed by atoms with E-state index >= 15 is 0 Å². The summed E-state index contributed by atoms with van der Waals surface area (Å²) in [6.07, 6.45) is -3.60. The number of amides is 1. The Morgan fingerprint density at radius 2 is 1.74 bits per heavy atom. The summed E-state index contributed by atoms with van der Waals surface area (Å²) in [5.41, 5.74) is 0.606. The van der Waals surface area contributed by atoms with Gasteiger partial charge < -0.3 is 18.9 Å². The van der Waals surface area contributed by atoms with Crippen LogP contribution in [0.4, 0.5) is 13.2 Å². The third kappa shape index (κ3) is 4.86. The summed E-state index contributed by atoms with van der Waals surface area (Å²) in [6.45, 7) is -0.295. The highest BCUT2D eigenvalue weighted by atomic mass is 35.5. The number of halogens is 4. The highest BCUT2D eigenvalue weighted by Crippen LogP contribution is 2.41. The molecular formula is C25H22ClF3N2O4. The molecule has 0 radical (unpaired) electrons. The Bertz CT molecular complexity index is 1310. The van der Waals surface area contributed by atoms with E-state index in [1.807, 2.05) is 36.4 Å². The van der Waals surface area contributed by atoms with Gasteiger partial charge in [0.1, 0.15) is 11.6 Å². The largest absolute Gasteiger partial charge is 0.493 e. The van der Waals surface area contributed by atoms with Crippen molar-refractivity contribution in [2.45, 2.75) is 25.2 Å². The Balaban J connectivity index is 1.77. The minimum atomic E-state index is -4.71. The molecule has 0 saturated carbocycles. The number of pyridine rings is 1. The normalized spacial score (nSPS) is 15.5. The number of alkyl halides is 3. The van der Waals surface area contributed by atoms with E-state index in [1.54, 1.807) is 11.0 Å². The average Bonchev–Trinajstić information content (AvgIpc) is 2.84. The van der Waals surface area contributed by atoms with Crippen LogP contribution in [0.1, 0.15) is 28.3 Å². The predicted octanol–water partition coefficient (Wildman–Crippen LogP) is 4.71. The van der Waals surface area contributed by atoms with Crippen molar-refractivity contribution in [3.8, 4) is 11.5 Å². The van der Waals surface area contributed by atoms with Gasteiger partial charge in [0.15, 0.2) is 11.5 Å². The van der Waals surface area contributed by atoms with E-state index in [1.165, 1.54) is 14.2 Å². The number of aromatic nitrogens is 1. The van der Waals surface area contributed by atoms with E-state index in [0.717, 1.165) is 16.7 Å². The zero-order valence-electron chi connectivity index (χ0n) is 18.9. The quantitative estimate of drug-likeness (QED) is 0.503. The van der Waals surface area contributed by atoms with Gasteiger partial charge in [-0.05, 0) is 41.3 Å². The molecule has 1 aliphatic heterocycles. The number of ether oxygens (including phenoxy) is 2. The SMILES string of the molecule is COc1cc2c(cc1OC)[C@H](c1ccccc1)N(C(=O)Cn1cc(C(F)(F)F)cc(Cl)c1=O)CC2. The van der Waals surface area contributed by atoms with Gasteiger partial charge >= 0.3 is 6.18 Å². The Morgan fingerprint density at radius 3 is 2.37 bits per heavy atom. The fourth-order valence-electron chi connectivity index (χ4n) is 4.32. The van der Waals surface area contributed by atoms with E-state index in [0.29, 0.717) is 41.3 Å². The smallest absolute Gasteiger partial charge is 0.417 e. The summed E-state index contributed by atoms with van der Waals surface area (Å²) < 4.78 is 51.4. The molecule has 1 aliphatic rings. The Morgan fingerprint density at radius 1 is 1.09 bits per heavy atom. The molecule has 184 valence electrons. The number of methoxy groups -OCH3 is 2. The van der Waals surface area contributed by atoms with Crippen LogP contribution in [0.5, 0.6) is 11.5 Å². The van der Waals surface area contributed by atoms with Gasteiger partial charge in [0, 0.05) is 12.7 Å². The number of carbonyl (C=O) groups excluding carboxylic acids is 1. The molecule has 0 saturated heterocycles. The van der Waals surface area contributed by atoms with Crippen molar-refractivity contribution in [3.63, 3.8) is 0 Å². The van der Waals surface area contributed by atoms with Gasteiger partial charge in [0.25, 0.3) is 5.56 Å². The summed E-state index contributed by atoms with van der Waals surface area (Å²) in [4.78, 5) is 27.4. The Labute approximate surface area is 204 Å². The Hall–Kier alpha value is -3.46. The monoisotopic (exact) mass is 506 g/mol. The topological polar surface area (TPSA) is 60.8 Å². The van der Waals surface area contributed by atoms with E-state index < -0.39 is 40.8 Å². The fraction of sp³-hybridized carbons (Fsp3) is 0.280. The van der Waals surface area contributed by atoms with Crippen molar-refractivity contribution >= 4 is 17.5 Å². The first-order valence-corrected chi connectivity index (χ1v) is 11.1. The summed E-state index contributed by atoms with van der Waals surface area (Å²) >= 11 is 5.76. The molecule has 1 aromatic heterocycles. The van der Waals surface area contributed by atoms with Crippen LogP contribution >= 0.6 is 11.6 Å². The average molecular weight is 507 g/mol. The first kappa shape index (κ1) is 24.7. The summed E-state index contributed by atoms with van der Waals surface area (Å²) in [7, 11) is 3.05. The molecule has 0 spiro atoms. The molecule has 2 aromatic carbocycles. The maximum absolute atomic E-state index is 13.4. The minimum Gasteiger partial charge on any atom is -0.493 e. The molecule has 0 unspecified atom stereocenters. The molecule has 0 N–H and O–H groups in total. The van der Waals surface area contributed by atoms with Crippen LogP contribution in [0.2, 0.25) is 5.02 Å². The summed E-state index contributed by atoms with van der Waals surface area (Å²) in [5.74, 6) is 0.530. The van der Waals surface area contributed by atoms with Crippen molar-refractivity contribution in [2.75, 3.05) is 20.8 Å². The number of hydrogen-bond acceptors (Lipinski definition) is 4. The second-order valence-electron chi connectivity index (χ2n) is 8.06. The lowest BCUT2D eigenvalue weighted by Crippen LogP contribution is -2.43. The number of hydrogen-bond donors (Lipinski definition) is 0. The van der Waals surface area contributed by atoms with Gasteiger partial charge in [0.2, 0.25) is 5.91 Å². The van der Waals surface area contributed by atoms with Crippen LogP contribution in [-0.2, 0) is 23.9 Å². The van der Waals surface area contributed by atoms with E-state index in [2.05, 4.69) is 0 Å². The summed E-state index contributed by atoms with van der Waals surface area (Å²) in [6, 6.07) is 12.9. The molecule has 1 amide bonds. The molecule has 4 rings (SSSR count). The summed E-state index contributed by atoms with van der Waals surface area (Å²) in [5, 5.41) is -0.604. The van der Waals surface area contributed by atoms with Crippen molar-refractivity contribution in [2.24, 2.45) is 0 Å². The zero-order chi connectivity index (χ0) is 25.3. The van der Waals surface area contributed by atoms with Gasteiger partial charge in [-0.15, -0.1) is 0 Å². The van der Waals surface area contributed by atoms with Crippen LogP contribution in [0.25, 0.3) is 0 Å². The number of benzene rings is 2. The highest BCUT2D eigenvalue weighted by molar-refractivity contribution is 6.30. The van der Waals surface area contributed by atoms with Crippen molar-refractivity contribution in [1.29, 1.82) is 0 Å². The second-order valence-corrected chi connectivity index (χ2v) is 8.47. The lowest BCUT2D eigenvalue weighted by molar-refractivity contribution is -0.139. The number of rotatable bonds is 5. The van der Waals surface area contributed by atoms with Crippen LogP contribution in [0.15, 0.2) is 59.5 Å². The first-order valence-electron chi connectivity index (χ1n) is 10.7. The number of fused-ring (bicyclic) bond motifs is 1. The van der Waals surface area contributed by atoms with Crippen LogP contribution < -0.4 is 15.0 Å². The molecule has 1 atom stereocenters. The molecule has 3 aromatic rings. The second kappa shape index (κ2) is 9.65. The first-order chi connectivity index (χ1) is 16.6. The zero-order valence-corrected chi connectivity index (χ0v) is 19.7. The van der Waals surface area contributed by atoms with Gasteiger partial charge in [-0.25, -0.2) is 0 Å². The molecule has 35 heavy (non-hydrogen) atoms. The van der Waals surface area contributed by atoms with Crippen molar-refractivity contribution in [3.05, 3.63) is 92.4 Å². The van der Waals surface area contributed by atoms with Gasteiger partial charge in [-0.1, -0.05) is 41.9 Å². The van der Waals surface area contributed by atoms with Gasteiger partial charge in [0.05, 0.1) is 25.8 Å². The van der Waals surface area contributed by atoms with Gasteiger partial charge in [-0.3, -0.25) is 9.59 Å². The molecular weight excluding hydrogens is 485 g/mol. The van der Waals surface area contributed by atoms with E-state index in [9.17, 15) is 22.8 Å². The van der Waals surface area contributed by atoms with Crippen LogP contribution in [-0.4, -0.2) is 36.1 Å². The molecule has 0 fully saturated rings. The third-order valence-corrected chi connectivity index (χ3v) is 6.26. The van der Waals surface area contributed by atoms with Crippen LogP contribution in [0, 0.1) is 0 Å². The van der Waals surface area contributed by atoms with Gasteiger partial charge in [-0.2, -0.15) is 13.2 Å². The number of carbonyl (C=O) groups is 1. The molecule has 10 heteroatoms. The van der Waals surface area contributed by atoms with Crippen molar-refractivity contribution in [1.82, 2.24) is 9.47 Å². The third-order valence-electron chi connectivity index (χ3n) is 5.98. The van der Waals surface area contributed by atoms with E-state index in [-0.39, 0.29) is 0 Å². The highest BCUT2D eigenvalue weighted by Gasteiger charge is 2.35. The minimum absolute atomic E-state index is 0.294. The maximum Gasteiger partial charge on any atom is 0.417 e. The molecule has 2 heterocycles. The van der Waals surface area contributed by atoms with Crippen LogP contribution in [0.3, 0.4) is 0 Å². The molecule has 0 aliphatic carbocycles. The number of nitrogens with zero attached hydrogens (tertiary/aromatic N) is 2. The lowest BCUT2D eigenvalue weighted by Gasteiger charge is -2.38. The predicted molar refractivity (Wildman–Crippen MR) is 124 cm³/mol. The standard InChI is InChI=1S/C25H22ClF3N2O4/c1-34-20-10-16-8-9-31(23(15-6-4-3-5-7-15)18(16)12-21(20)35-2)22(32)14-30-13-17(25(27,28)29)11-19(26)24(30)33/h3-7,10-13,23H,8-9,14H2,1-2H3/t23-/m0/s1. The van der Waals surface area contributed by atoms with E-state index in [4.69, 9.17) is 21.1 Å². The fourth-order valence-corrected chi connectivity index (χ4v) is 4.54. The maximum atomic E-state index is 13.4. The lowest BCUT2D eigenvalue weighted by atomic mass is 9.87. The molecule has 6 nitrogen and oxygen atoms in total. The van der Waals surface area contributed by atoms with Crippen molar-refractivity contribution < 1.29 is 27.4 Å². The molecule has 0 bridgehead atoms.